The molecule has 4 aliphatic carbocycles. The van der Waals surface area contributed by atoms with Gasteiger partial charge in [0.05, 0.1) is 11.7 Å². The van der Waals surface area contributed by atoms with Crippen LogP contribution < -0.4 is 0 Å². The molecule has 4 heteroatoms. The quantitative estimate of drug-likeness (QED) is 0.499. The van der Waals surface area contributed by atoms with Gasteiger partial charge in [-0.2, -0.15) is 0 Å². The number of Topliss-reactive ketones (excluding diaryl/α,β-unsaturated/α-hetero) is 1. The third kappa shape index (κ3) is 3.46. The molecule has 0 aromatic carbocycles. The van der Waals surface area contributed by atoms with Crippen molar-refractivity contribution in [3.05, 3.63) is 12.7 Å². The zero-order valence-corrected chi connectivity index (χ0v) is 20.8. The second kappa shape index (κ2) is 8.20. The fourth-order valence-corrected chi connectivity index (χ4v) is 8.86. The number of fused-ring (bicyclic) bond motifs is 5. The highest BCUT2D eigenvalue weighted by Crippen LogP contribution is 2.68. The van der Waals surface area contributed by atoms with E-state index in [1.807, 2.05) is 0 Å². The maximum absolute atomic E-state index is 13.3. The van der Waals surface area contributed by atoms with E-state index < -0.39 is 22.7 Å². The van der Waals surface area contributed by atoms with Crippen LogP contribution >= 0.6 is 0 Å². The molecular formula is C28H46O4. The van der Waals surface area contributed by atoms with E-state index in [-0.39, 0.29) is 23.5 Å². The molecule has 32 heavy (non-hydrogen) atoms. The number of aliphatic hydroxyl groups excluding tert-OH is 1. The predicted octanol–water partition coefficient (Wildman–Crippen LogP) is 5.04. The average molecular weight is 447 g/mol. The molecule has 4 nitrogen and oxygen atoms in total. The van der Waals surface area contributed by atoms with E-state index in [1.54, 1.807) is 6.08 Å². The zero-order valence-electron chi connectivity index (χ0n) is 20.8. The summed E-state index contributed by atoms with van der Waals surface area (Å²) in [6.07, 6.45) is 10.9. The smallest absolute Gasteiger partial charge is 0.165 e. The lowest BCUT2D eigenvalue weighted by molar-refractivity contribution is -0.213. The number of aliphatic hydroxyl groups is 3. The van der Waals surface area contributed by atoms with Gasteiger partial charge in [0, 0.05) is 18.3 Å². The summed E-state index contributed by atoms with van der Waals surface area (Å²) >= 11 is 0. The Labute approximate surface area is 194 Å². The molecule has 4 rings (SSSR count). The van der Waals surface area contributed by atoms with E-state index in [0.717, 1.165) is 32.1 Å². The molecule has 0 heterocycles. The van der Waals surface area contributed by atoms with Gasteiger partial charge in [-0.3, -0.25) is 4.79 Å². The largest absolute Gasteiger partial charge is 0.393 e. The molecule has 4 aliphatic rings. The molecule has 9 atom stereocenters. The SMILES string of the molecule is C=CC(O)(CCCC1CCC2C3CC(=O)[C@@]4(O)C[C@@H](O)CC[C@]4(C)C3CC[C@]12C)C(C)C. The Morgan fingerprint density at radius 3 is 2.53 bits per heavy atom. The average Bonchev–Trinajstić information content (AvgIpc) is 3.07. The summed E-state index contributed by atoms with van der Waals surface area (Å²) in [5.41, 5.74) is -2.27. The van der Waals surface area contributed by atoms with Crippen molar-refractivity contribution in [1.82, 2.24) is 0 Å². The van der Waals surface area contributed by atoms with Gasteiger partial charge in [0.2, 0.25) is 0 Å². The van der Waals surface area contributed by atoms with Crippen molar-refractivity contribution >= 4 is 5.78 Å². The molecule has 182 valence electrons. The highest BCUT2D eigenvalue weighted by molar-refractivity contribution is 5.89. The fourth-order valence-electron chi connectivity index (χ4n) is 8.86. The van der Waals surface area contributed by atoms with Crippen molar-refractivity contribution in [2.75, 3.05) is 0 Å². The van der Waals surface area contributed by atoms with Crippen LogP contribution in [0, 0.1) is 40.4 Å². The molecule has 4 fully saturated rings. The van der Waals surface area contributed by atoms with Gasteiger partial charge in [0.15, 0.2) is 5.78 Å². The van der Waals surface area contributed by atoms with E-state index >= 15 is 0 Å². The van der Waals surface area contributed by atoms with E-state index in [2.05, 4.69) is 34.3 Å². The minimum Gasteiger partial charge on any atom is -0.393 e. The van der Waals surface area contributed by atoms with Crippen molar-refractivity contribution in [1.29, 1.82) is 0 Å². The normalized spacial score (nSPS) is 48.0. The number of hydrogen-bond acceptors (Lipinski definition) is 4. The van der Waals surface area contributed by atoms with Crippen molar-refractivity contribution in [2.24, 2.45) is 40.4 Å². The summed E-state index contributed by atoms with van der Waals surface area (Å²) in [5.74, 6) is 2.09. The maximum Gasteiger partial charge on any atom is 0.165 e. The van der Waals surface area contributed by atoms with Crippen LogP contribution in [0.25, 0.3) is 0 Å². The number of hydrogen-bond donors (Lipinski definition) is 3. The van der Waals surface area contributed by atoms with E-state index in [4.69, 9.17) is 0 Å². The Balaban J connectivity index is 1.49. The first kappa shape index (κ1) is 24.4. The second-order valence-electron chi connectivity index (χ2n) is 12.7. The van der Waals surface area contributed by atoms with Crippen molar-refractivity contribution < 1.29 is 20.1 Å². The summed E-state index contributed by atoms with van der Waals surface area (Å²) < 4.78 is 0. The molecule has 3 N–H and O–H groups in total. The van der Waals surface area contributed by atoms with Crippen LogP contribution in [0.2, 0.25) is 0 Å². The standard InChI is InChI=1S/C28H46O4/c1-6-27(31,18(2)3)13-7-8-19-9-10-22-21-16-24(30)28(32)17-20(29)11-15-26(28,5)23(21)12-14-25(19,22)4/h6,18-23,29,31-32H,1,7-17H2,2-5H3/t19?,20-,21?,22?,23?,25+,26+,27?,28-/m0/s1. The first-order valence-electron chi connectivity index (χ1n) is 13.2. The summed E-state index contributed by atoms with van der Waals surface area (Å²) in [6.45, 7) is 12.6. The van der Waals surface area contributed by atoms with Gasteiger partial charge in [-0.25, -0.2) is 0 Å². The maximum atomic E-state index is 13.3. The van der Waals surface area contributed by atoms with Gasteiger partial charge >= 0.3 is 0 Å². The third-order valence-corrected chi connectivity index (χ3v) is 11.3. The summed E-state index contributed by atoms with van der Waals surface area (Å²) in [6, 6.07) is 0. The molecule has 0 saturated heterocycles. The lowest BCUT2D eigenvalue weighted by atomic mass is 9.43. The first-order valence-corrected chi connectivity index (χ1v) is 13.2. The molecule has 0 spiro atoms. The summed E-state index contributed by atoms with van der Waals surface area (Å²) in [7, 11) is 0. The van der Waals surface area contributed by atoms with E-state index in [9.17, 15) is 20.1 Å². The molecule has 0 aromatic rings. The summed E-state index contributed by atoms with van der Waals surface area (Å²) in [5, 5.41) is 32.6. The van der Waals surface area contributed by atoms with Crippen LogP contribution in [-0.4, -0.2) is 38.4 Å². The van der Waals surface area contributed by atoms with Gasteiger partial charge in [-0.1, -0.05) is 33.8 Å². The molecule has 0 amide bonds. The molecule has 0 aromatic heterocycles. The summed E-state index contributed by atoms with van der Waals surface area (Å²) in [4.78, 5) is 13.3. The van der Waals surface area contributed by atoms with Crippen LogP contribution in [0.5, 0.6) is 0 Å². The Hall–Kier alpha value is -0.710. The van der Waals surface area contributed by atoms with Crippen LogP contribution in [0.3, 0.4) is 0 Å². The van der Waals surface area contributed by atoms with Gasteiger partial charge in [0.1, 0.15) is 5.60 Å². The highest BCUT2D eigenvalue weighted by atomic mass is 16.3. The van der Waals surface area contributed by atoms with Gasteiger partial charge in [-0.15, -0.1) is 6.58 Å². The minimum atomic E-state index is -1.34. The monoisotopic (exact) mass is 446 g/mol. The zero-order chi connectivity index (χ0) is 23.5. The number of rotatable bonds is 6. The Morgan fingerprint density at radius 1 is 1.16 bits per heavy atom. The lowest BCUT2D eigenvalue weighted by Gasteiger charge is -2.63. The van der Waals surface area contributed by atoms with Gasteiger partial charge in [-0.05, 0) is 92.8 Å². The van der Waals surface area contributed by atoms with Crippen molar-refractivity contribution in [2.45, 2.75) is 116 Å². The topological polar surface area (TPSA) is 77.8 Å². The second-order valence-corrected chi connectivity index (χ2v) is 12.7. The number of carbonyl (C=O) groups is 1. The van der Waals surface area contributed by atoms with Gasteiger partial charge in [0.25, 0.3) is 0 Å². The van der Waals surface area contributed by atoms with E-state index in [0.29, 0.717) is 36.5 Å². The Morgan fingerprint density at radius 2 is 1.88 bits per heavy atom. The molecule has 0 radical (unpaired) electrons. The molecule has 0 aliphatic heterocycles. The Kier molecular flexibility index (Phi) is 6.26. The van der Waals surface area contributed by atoms with Crippen molar-refractivity contribution in [3.63, 3.8) is 0 Å². The Bertz CT molecular complexity index is 748. The van der Waals surface area contributed by atoms with Crippen LogP contribution in [0.4, 0.5) is 0 Å². The highest BCUT2D eigenvalue weighted by Gasteiger charge is 2.67. The third-order valence-electron chi connectivity index (χ3n) is 11.3. The van der Waals surface area contributed by atoms with Crippen LogP contribution in [0.1, 0.15) is 98.3 Å². The molecule has 4 saturated carbocycles. The molecule has 5 unspecified atom stereocenters. The van der Waals surface area contributed by atoms with Crippen molar-refractivity contribution in [3.8, 4) is 0 Å². The van der Waals surface area contributed by atoms with E-state index in [1.165, 1.54) is 19.3 Å². The molecule has 0 bridgehead atoms. The first-order chi connectivity index (χ1) is 14.9. The van der Waals surface area contributed by atoms with Crippen LogP contribution in [0.15, 0.2) is 12.7 Å². The fraction of sp³-hybridized carbons (Fsp3) is 0.893. The number of carbonyl (C=O) groups excluding carboxylic acids is 1. The molecular weight excluding hydrogens is 400 g/mol. The van der Waals surface area contributed by atoms with Gasteiger partial charge < -0.3 is 15.3 Å². The lowest BCUT2D eigenvalue weighted by Crippen LogP contribution is -2.67. The van der Waals surface area contributed by atoms with Crippen LogP contribution in [-0.2, 0) is 4.79 Å². The predicted molar refractivity (Wildman–Crippen MR) is 127 cm³/mol. The minimum absolute atomic E-state index is 0.0133. The number of ketones is 1.